The summed E-state index contributed by atoms with van der Waals surface area (Å²) in [6.07, 6.45) is 3.29. The molecule has 0 radical (unpaired) electrons. The molecule has 2 aliphatic rings. The SMILES string of the molecule is Cc1ccsc1[C@@H]1C[C@@H]1C(=O)N1CCCC[C@@H]1C(=O)O. The zero-order valence-electron chi connectivity index (χ0n) is 11.5. The van der Waals surface area contributed by atoms with Crippen LogP contribution in [0.5, 0.6) is 0 Å². The first-order valence-corrected chi connectivity index (χ1v) is 8.05. The molecule has 0 aromatic carbocycles. The van der Waals surface area contributed by atoms with Gasteiger partial charge in [-0.2, -0.15) is 0 Å². The minimum absolute atomic E-state index is 0.00676. The Morgan fingerprint density at radius 3 is 2.85 bits per heavy atom. The standard InChI is InChI=1S/C15H19NO3S/c1-9-5-7-20-13(9)10-8-11(10)14(17)16-6-3-2-4-12(16)15(18)19/h5,7,10-12H,2-4,6,8H2,1H3,(H,18,19)/t10-,11+,12-/m1/s1. The number of aliphatic carboxylic acids is 1. The molecular weight excluding hydrogens is 274 g/mol. The number of carboxylic acids is 1. The van der Waals surface area contributed by atoms with Crippen LogP contribution in [0.3, 0.4) is 0 Å². The van der Waals surface area contributed by atoms with Crippen LogP contribution in [-0.2, 0) is 9.59 Å². The molecule has 1 N–H and O–H groups in total. The van der Waals surface area contributed by atoms with Gasteiger partial charge in [-0.25, -0.2) is 4.79 Å². The zero-order valence-corrected chi connectivity index (χ0v) is 12.4. The molecular formula is C15H19NO3S. The second-order valence-electron chi connectivity index (χ2n) is 5.80. The summed E-state index contributed by atoms with van der Waals surface area (Å²) >= 11 is 1.71. The van der Waals surface area contributed by atoms with E-state index in [1.807, 2.05) is 0 Å². The third-order valence-electron chi connectivity index (χ3n) is 4.42. The molecule has 2 fully saturated rings. The van der Waals surface area contributed by atoms with Gasteiger partial charge in [-0.15, -0.1) is 11.3 Å². The first-order valence-electron chi connectivity index (χ1n) is 7.17. The van der Waals surface area contributed by atoms with Gasteiger partial charge in [0.25, 0.3) is 0 Å². The summed E-state index contributed by atoms with van der Waals surface area (Å²) in [4.78, 5) is 26.8. The maximum atomic E-state index is 12.6. The van der Waals surface area contributed by atoms with E-state index in [0.29, 0.717) is 18.9 Å². The van der Waals surface area contributed by atoms with Gasteiger partial charge >= 0.3 is 5.97 Å². The molecule has 3 rings (SSSR count). The van der Waals surface area contributed by atoms with Crippen LogP contribution in [0, 0.1) is 12.8 Å². The molecule has 3 atom stereocenters. The van der Waals surface area contributed by atoms with Crippen molar-refractivity contribution < 1.29 is 14.7 Å². The number of rotatable bonds is 3. The summed E-state index contributed by atoms with van der Waals surface area (Å²) in [6.45, 7) is 2.68. The Morgan fingerprint density at radius 2 is 2.20 bits per heavy atom. The van der Waals surface area contributed by atoms with E-state index in [1.54, 1.807) is 16.2 Å². The van der Waals surface area contributed by atoms with Crippen LogP contribution in [0.25, 0.3) is 0 Å². The van der Waals surface area contributed by atoms with Crippen molar-refractivity contribution in [2.45, 2.75) is 44.6 Å². The monoisotopic (exact) mass is 293 g/mol. The number of hydrogen-bond donors (Lipinski definition) is 1. The van der Waals surface area contributed by atoms with Crippen molar-refractivity contribution in [3.63, 3.8) is 0 Å². The highest BCUT2D eigenvalue weighted by Gasteiger charge is 2.49. The molecule has 1 amide bonds. The highest BCUT2D eigenvalue weighted by atomic mass is 32.1. The molecule has 20 heavy (non-hydrogen) atoms. The lowest BCUT2D eigenvalue weighted by molar-refractivity contribution is -0.152. The predicted molar refractivity (Wildman–Crippen MR) is 76.9 cm³/mol. The van der Waals surface area contributed by atoms with Crippen LogP contribution in [0.2, 0.25) is 0 Å². The lowest BCUT2D eigenvalue weighted by Gasteiger charge is -2.33. The van der Waals surface area contributed by atoms with E-state index in [0.717, 1.165) is 19.3 Å². The van der Waals surface area contributed by atoms with Gasteiger partial charge < -0.3 is 10.0 Å². The normalized spacial score (nSPS) is 29.2. The summed E-state index contributed by atoms with van der Waals surface area (Å²) in [5.41, 5.74) is 1.25. The fourth-order valence-electron chi connectivity index (χ4n) is 3.19. The van der Waals surface area contributed by atoms with Gasteiger partial charge in [-0.05, 0) is 49.6 Å². The van der Waals surface area contributed by atoms with Crippen LogP contribution >= 0.6 is 11.3 Å². The molecule has 0 spiro atoms. The molecule has 2 heterocycles. The van der Waals surface area contributed by atoms with Gasteiger partial charge in [-0.1, -0.05) is 0 Å². The Balaban J connectivity index is 1.71. The maximum absolute atomic E-state index is 12.6. The molecule has 1 saturated heterocycles. The summed E-state index contributed by atoms with van der Waals surface area (Å²) in [7, 11) is 0. The Morgan fingerprint density at radius 1 is 1.40 bits per heavy atom. The van der Waals surface area contributed by atoms with Crippen molar-refractivity contribution in [1.29, 1.82) is 0 Å². The van der Waals surface area contributed by atoms with Crippen molar-refractivity contribution >= 4 is 23.2 Å². The summed E-state index contributed by atoms with van der Waals surface area (Å²) in [5, 5.41) is 11.3. The molecule has 4 nitrogen and oxygen atoms in total. The third kappa shape index (κ3) is 2.35. The molecule has 0 bridgehead atoms. The van der Waals surface area contributed by atoms with Gasteiger partial charge in [-0.3, -0.25) is 4.79 Å². The van der Waals surface area contributed by atoms with E-state index < -0.39 is 12.0 Å². The summed E-state index contributed by atoms with van der Waals surface area (Å²) < 4.78 is 0. The fourth-order valence-corrected chi connectivity index (χ4v) is 4.30. The highest BCUT2D eigenvalue weighted by molar-refractivity contribution is 7.10. The van der Waals surface area contributed by atoms with Crippen molar-refractivity contribution in [2.75, 3.05) is 6.54 Å². The summed E-state index contributed by atoms with van der Waals surface area (Å²) in [6, 6.07) is 1.47. The molecule has 1 aliphatic carbocycles. The number of piperidine rings is 1. The van der Waals surface area contributed by atoms with Gasteiger partial charge in [0, 0.05) is 23.3 Å². The van der Waals surface area contributed by atoms with E-state index in [1.165, 1.54) is 10.4 Å². The van der Waals surface area contributed by atoms with E-state index in [4.69, 9.17) is 0 Å². The van der Waals surface area contributed by atoms with E-state index in [-0.39, 0.29) is 11.8 Å². The third-order valence-corrected chi connectivity index (χ3v) is 5.57. The van der Waals surface area contributed by atoms with E-state index in [2.05, 4.69) is 18.4 Å². The molecule has 1 aromatic rings. The topological polar surface area (TPSA) is 57.6 Å². The number of hydrogen-bond acceptors (Lipinski definition) is 3. The first-order chi connectivity index (χ1) is 9.59. The molecule has 5 heteroatoms. The number of amides is 1. The van der Waals surface area contributed by atoms with Crippen molar-refractivity contribution in [2.24, 2.45) is 5.92 Å². The maximum Gasteiger partial charge on any atom is 0.326 e. The van der Waals surface area contributed by atoms with Crippen LogP contribution in [0.1, 0.15) is 42.0 Å². The molecule has 0 unspecified atom stereocenters. The minimum Gasteiger partial charge on any atom is -0.480 e. The van der Waals surface area contributed by atoms with E-state index in [9.17, 15) is 14.7 Å². The Bertz CT molecular complexity index is 539. The Labute approximate surface area is 122 Å². The van der Waals surface area contributed by atoms with E-state index >= 15 is 0 Å². The molecule has 108 valence electrons. The number of carboxylic acid groups (broad SMARTS) is 1. The highest BCUT2D eigenvalue weighted by Crippen LogP contribution is 2.51. The molecule has 1 saturated carbocycles. The van der Waals surface area contributed by atoms with Crippen LogP contribution < -0.4 is 0 Å². The van der Waals surface area contributed by atoms with Crippen molar-refractivity contribution in [1.82, 2.24) is 4.90 Å². The Hall–Kier alpha value is -1.36. The number of thiophene rings is 1. The van der Waals surface area contributed by atoms with Crippen molar-refractivity contribution in [3.8, 4) is 0 Å². The van der Waals surface area contributed by atoms with Gasteiger partial charge in [0.05, 0.1) is 0 Å². The second kappa shape index (κ2) is 5.20. The predicted octanol–water partition coefficient (Wildman–Crippen LogP) is 2.63. The number of aryl methyl sites for hydroxylation is 1. The lowest BCUT2D eigenvalue weighted by Crippen LogP contribution is -2.48. The van der Waals surface area contributed by atoms with Crippen LogP contribution in [-0.4, -0.2) is 34.5 Å². The Kier molecular flexibility index (Phi) is 3.54. The van der Waals surface area contributed by atoms with Gasteiger partial charge in [0.2, 0.25) is 5.91 Å². The second-order valence-corrected chi connectivity index (χ2v) is 6.75. The minimum atomic E-state index is -0.859. The number of likely N-dealkylation sites (tertiary alicyclic amines) is 1. The van der Waals surface area contributed by atoms with Crippen LogP contribution in [0.4, 0.5) is 0 Å². The number of carbonyl (C=O) groups is 2. The van der Waals surface area contributed by atoms with Crippen molar-refractivity contribution in [3.05, 3.63) is 21.9 Å². The fraction of sp³-hybridized carbons (Fsp3) is 0.600. The number of carbonyl (C=O) groups excluding carboxylic acids is 1. The quantitative estimate of drug-likeness (QED) is 0.932. The zero-order chi connectivity index (χ0) is 14.3. The molecule has 1 aromatic heterocycles. The molecule has 1 aliphatic heterocycles. The van der Waals surface area contributed by atoms with Gasteiger partial charge in [0.15, 0.2) is 0 Å². The average Bonchev–Trinajstić information content (AvgIpc) is 3.12. The average molecular weight is 293 g/mol. The largest absolute Gasteiger partial charge is 0.480 e. The van der Waals surface area contributed by atoms with Crippen LogP contribution in [0.15, 0.2) is 11.4 Å². The summed E-state index contributed by atoms with van der Waals surface area (Å²) in [5.74, 6) is -0.483. The smallest absolute Gasteiger partial charge is 0.326 e. The first kappa shape index (κ1) is 13.6. The van der Waals surface area contributed by atoms with Gasteiger partial charge in [0.1, 0.15) is 6.04 Å². The lowest BCUT2D eigenvalue weighted by atomic mass is 10.0. The number of nitrogens with zero attached hydrogens (tertiary/aromatic N) is 1.